The van der Waals surface area contributed by atoms with Crippen LogP contribution in [0.2, 0.25) is 0 Å². The van der Waals surface area contributed by atoms with Gasteiger partial charge in [-0.2, -0.15) is 0 Å². The van der Waals surface area contributed by atoms with E-state index in [1.165, 1.54) is 11.8 Å². The van der Waals surface area contributed by atoms with Crippen LogP contribution in [0.3, 0.4) is 0 Å². The number of urea groups is 1. The van der Waals surface area contributed by atoms with E-state index in [9.17, 15) is 9.59 Å². The number of carbonyl (C=O) groups excluding carboxylic acids is 2. The first-order chi connectivity index (χ1) is 12.5. The van der Waals surface area contributed by atoms with Crippen molar-refractivity contribution in [2.24, 2.45) is 5.92 Å². The highest BCUT2D eigenvalue weighted by Gasteiger charge is 2.31. The summed E-state index contributed by atoms with van der Waals surface area (Å²) < 4.78 is 2.01. The highest BCUT2D eigenvalue weighted by molar-refractivity contribution is 7.99. The van der Waals surface area contributed by atoms with Crippen molar-refractivity contribution in [3.05, 3.63) is 36.2 Å². The van der Waals surface area contributed by atoms with Crippen molar-refractivity contribution in [1.82, 2.24) is 25.4 Å². The lowest BCUT2D eigenvalue weighted by Crippen LogP contribution is -2.41. The van der Waals surface area contributed by atoms with Gasteiger partial charge in [0, 0.05) is 18.2 Å². The van der Waals surface area contributed by atoms with Crippen LogP contribution in [0.25, 0.3) is 5.69 Å². The van der Waals surface area contributed by atoms with E-state index >= 15 is 0 Å². The average Bonchev–Trinajstić information content (AvgIpc) is 3.38. The van der Waals surface area contributed by atoms with Gasteiger partial charge in [0.1, 0.15) is 5.82 Å². The van der Waals surface area contributed by atoms with E-state index in [-0.39, 0.29) is 11.7 Å². The standard InChI is InChI=1S/C18H23N5O2S/c1-12(2)10-19-17(25)20-15(24)11-26-18-22-21-16(13-8-9-13)23(18)14-6-4-3-5-7-14/h3-7,12-13H,8-11H2,1-2H3,(H2,19,20,24,25). The van der Waals surface area contributed by atoms with Gasteiger partial charge in [-0.3, -0.25) is 14.7 Å². The molecule has 138 valence electrons. The van der Waals surface area contributed by atoms with Crippen LogP contribution in [0.1, 0.15) is 38.4 Å². The summed E-state index contributed by atoms with van der Waals surface area (Å²) in [6.07, 6.45) is 2.23. The molecule has 1 aromatic heterocycles. The summed E-state index contributed by atoms with van der Waals surface area (Å²) in [5, 5.41) is 14.2. The van der Waals surface area contributed by atoms with Crippen molar-refractivity contribution in [1.29, 1.82) is 0 Å². The third-order valence-corrected chi connectivity index (χ3v) is 4.80. The molecule has 26 heavy (non-hydrogen) atoms. The maximum Gasteiger partial charge on any atom is 0.321 e. The maximum atomic E-state index is 12.0. The Labute approximate surface area is 157 Å². The summed E-state index contributed by atoms with van der Waals surface area (Å²) in [7, 11) is 0. The first kappa shape index (κ1) is 18.4. The molecule has 3 amide bonds. The van der Waals surface area contributed by atoms with Gasteiger partial charge in [0.2, 0.25) is 5.91 Å². The van der Waals surface area contributed by atoms with Gasteiger partial charge in [-0.1, -0.05) is 43.8 Å². The number of nitrogens with one attached hydrogen (secondary N) is 2. The molecule has 7 nitrogen and oxygen atoms in total. The highest BCUT2D eigenvalue weighted by atomic mass is 32.2. The first-order valence-corrected chi connectivity index (χ1v) is 9.74. The number of hydrogen-bond donors (Lipinski definition) is 2. The van der Waals surface area contributed by atoms with E-state index in [2.05, 4.69) is 20.8 Å². The normalized spacial score (nSPS) is 13.7. The van der Waals surface area contributed by atoms with Crippen molar-refractivity contribution < 1.29 is 9.59 Å². The van der Waals surface area contributed by atoms with Crippen LogP contribution in [0, 0.1) is 5.92 Å². The molecule has 0 unspecified atom stereocenters. The number of benzene rings is 1. The fourth-order valence-electron chi connectivity index (χ4n) is 2.43. The monoisotopic (exact) mass is 373 g/mol. The quantitative estimate of drug-likeness (QED) is 0.729. The molecule has 0 spiro atoms. The van der Waals surface area contributed by atoms with Crippen molar-refractivity contribution in [3.63, 3.8) is 0 Å². The van der Waals surface area contributed by atoms with Crippen molar-refractivity contribution in [2.45, 2.75) is 37.8 Å². The van der Waals surface area contributed by atoms with Gasteiger partial charge in [0.15, 0.2) is 5.16 Å². The Bertz CT molecular complexity index is 771. The molecule has 2 N–H and O–H groups in total. The van der Waals surface area contributed by atoms with E-state index in [1.54, 1.807) is 0 Å². The molecule has 2 aromatic rings. The Balaban J connectivity index is 1.63. The first-order valence-electron chi connectivity index (χ1n) is 8.75. The third kappa shape index (κ3) is 4.85. The van der Waals surface area contributed by atoms with E-state index in [0.29, 0.717) is 23.5 Å². The topological polar surface area (TPSA) is 88.9 Å². The van der Waals surface area contributed by atoms with Crippen LogP contribution in [-0.2, 0) is 4.79 Å². The number of para-hydroxylation sites is 1. The summed E-state index contributed by atoms with van der Waals surface area (Å²) in [6, 6.07) is 9.42. The molecule has 0 saturated heterocycles. The zero-order chi connectivity index (χ0) is 18.5. The number of hydrogen-bond acceptors (Lipinski definition) is 5. The lowest BCUT2D eigenvalue weighted by atomic mass is 10.2. The summed E-state index contributed by atoms with van der Waals surface area (Å²) in [5.74, 6) is 1.45. The molecular weight excluding hydrogens is 350 g/mol. The van der Waals surface area contributed by atoms with Crippen LogP contribution in [-0.4, -0.2) is 39.0 Å². The lowest BCUT2D eigenvalue weighted by Gasteiger charge is -2.10. The van der Waals surface area contributed by atoms with Crippen molar-refractivity contribution >= 4 is 23.7 Å². The number of carbonyl (C=O) groups is 2. The Kier molecular flexibility index (Phi) is 5.92. The van der Waals surface area contributed by atoms with Gasteiger partial charge in [0.25, 0.3) is 0 Å². The molecule has 0 atom stereocenters. The smallest absolute Gasteiger partial charge is 0.321 e. The number of thioether (sulfide) groups is 1. The molecular formula is C18H23N5O2S. The van der Waals surface area contributed by atoms with Crippen LogP contribution < -0.4 is 10.6 Å². The second-order valence-electron chi connectivity index (χ2n) is 6.73. The number of rotatable bonds is 7. The number of nitrogens with zero attached hydrogens (tertiary/aromatic N) is 3. The zero-order valence-electron chi connectivity index (χ0n) is 14.9. The second kappa shape index (κ2) is 8.35. The molecule has 1 aromatic carbocycles. The minimum atomic E-state index is -0.465. The minimum absolute atomic E-state index is 0.102. The second-order valence-corrected chi connectivity index (χ2v) is 7.67. The molecule has 1 fully saturated rings. The van der Waals surface area contributed by atoms with Crippen LogP contribution in [0.15, 0.2) is 35.5 Å². The fourth-order valence-corrected chi connectivity index (χ4v) is 3.19. The van der Waals surface area contributed by atoms with Crippen molar-refractivity contribution in [3.8, 4) is 5.69 Å². The minimum Gasteiger partial charge on any atom is -0.338 e. The molecule has 0 aliphatic heterocycles. The van der Waals surface area contributed by atoms with Crippen LogP contribution in [0.4, 0.5) is 4.79 Å². The summed E-state index contributed by atoms with van der Waals surface area (Å²) in [6.45, 7) is 4.51. The van der Waals surface area contributed by atoms with Gasteiger partial charge in [0.05, 0.1) is 5.75 Å². The van der Waals surface area contributed by atoms with Crippen molar-refractivity contribution in [2.75, 3.05) is 12.3 Å². The number of imide groups is 1. The molecule has 8 heteroatoms. The Morgan fingerprint density at radius 2 is 1.96 bits per heavy atom. The van der Waals surface area contributed by atoms with Gasteiger partial charge in [-0.25, -0.2) is 4.79 Å². The molecule has 1 saturated carbocycles. The lowest BCUT2D eigenvalue weighted by molar-refractivity contribution is -0.117. The molecule has 3 rings (SSSR count). The third-order valence-electron chi connectivity index (χ3n) is 3.87. The zero-order valence-corrected chi connectivity index (χ0v) is 15.8. The molecule has 0 radical (unpaired) electrons. The van der Waals surface area contributed by atoms with Crippen LogP contribution >= 0.6 is 11.8 Å². The predicted octanol–water partition coefficient (Wildman–Crippen LogP) is 2.72. The van der Waals surface area contributed by atoms with Gasteiger partial charge >= 0.3 is 6.03 Å². The van der Waals surface area contributed by atoms with E-state index in [0.717, 1.165) is 24.4 Å². The SMILES string of the molecule is CC(C)CNC(=O)NC(=O)CSc1nnc(C2CC2)n1-c1ccccc1. The fraction of sp³-hybridized carbons (Fsp3) is 0.444. The Morgan fingerprint density at radius 1 is 1.23 bits per heavy atom. The summed E-state index contributed by atoms with van der Waals surface area (Å²) in [4.78, 5) is 23.7. The van der Waals surface area contributed by atoms with E-state index in [1.807, 2.05) is 48.7 Å². The maximum absolute atomic E-state index is 12.0. The molecule has 1 heterocycles. The van der Waals surface area contributed by atoms with Crippen LogP contribution in [0.5, 0.6) is 0 Å². The summed E-state index contributed by atoms with van der Waals surface area (Å²) >= 11 is 1.28. The largest absolute Gasteiger partial charge is 0.338 e. The van der Waals surface area contributed by atoms with Gasteiger partial charge < -0.3 is 5.32 Å². The van der Waals surface area contributed by atoms with E-state index in [4.69, 9.17) is 0 Å². The number of amides is 3. The molecule has 1 aliphatic rings. The Hall–Kier alpha value is -2.35. The molecule has 0 bridgehead atoms. The Morgan fingerprint density at radius 3 is 2.62 bits per heavy atom. The van der Waals surface area contributed by atoms with E-state index < -0.39 is 6.03 Å². The van der Waals surface area contributed by atoms with Gasteiger partial charge in [-0.15, -0.1) is 10.2 Å². The summed E-state index contributed by atoms with van der Waals surface area (Å²) in [5.41, 5.74) is 0.983. The predicted molar refractivity (Wildman–Crippen MR) is 100 cm³/mol. The van der Waals surface area contributed by atoms with Gasteiger partial charge in [-0.05, 0) is 30.9 Å². The molecule has 1 aliphatic carbocycles. The highest BCUT2D eigenvalue weighted by Crippen LogP contribution is 2.41. The number of aromatic nitrogens is 3. The average molecular weight is 373 g/mol.